The van der Waals surface area contributed by atoms with Crippen molar-refractivity contribution in [2.24, 2.45) is 0 Å². The van der Waals surface area contributed by atoms with E-state index in [0.717, 1.165) is 24.5 Å². The zero-order chi connectivity index (χ0) is 19.4. The van der Waals surface area contributed by atoms with Crippen molar-refractivity contribution in [1.82, 2.24) is 4.90 Å². The van der Waals surface area contributed by atoms with Crippen molar-refractivity contribution in [1.29, 1.82) is 0 Å². The summed E-state index contributed by atoms with van der Waals surface area (Å²) in [6.45, 7) is 0.519. The number of hydrogen-bond acceptors (Lipinski definition) is 3. The Kier molecular flexibility index (Phi) is 5.43. The van der Waals surface area contributed by atoms with E-state index in [1.54, 1.807) is 12.0 Å². The summed E-state index contributed by atoms with van der Waals surface area (Å²) in [6.07, 6.45) is -3.24. The van der Waals surface area contributed by atoms with Gasteiger partial charge in [-0.3, -0.25) is 0 Å². The highest BCUT2D eigenvalue weighted by Crippen LogP contribution is 2.35. The topological polar surface area (TPSA) is 50.8 Å². The molecule has 1 aliphatic rings. The van der Waals surface area contributed by atoms with Gasteiger partial charge in [0.05, 0.1) is 18.8 Å². The molecule has 0 aromatic heterocycles. The van der Waals surface area contributed by atoms with Gasteiger partial charge in [-0.2, -0.15) is 0 Å². The second kappa shape index (κ2) is 7.77. The van der Waals surface area contributed by atoms with Crippen LogP contribution in [0.15, 0.2) is 48.5 Å². The Labute approximate surface area is 154 Å². The van der Waals surface area contributed by atoms with Crippen LogP contribution in [-0.4, -0.2) is 30.9 Å². The van der Waals surface area contributed by atoms with Crippen LogP contribution in [-0.2, 0) is 0 Å². The number of hydrogen-bond donors (Lipinski definition) is 1. The van der Waals surface area contributed by atoms with E-state index in [9.17, 15) is 18.0 Å². The summed E-state index contributed by atoms with van der Waals surface area (Å²) in [5.74, 6) is 0.268. The average molecular weight is 380 g/mol. The zero-order valence-corrected chi connectivity index (χ0v) is 14.6. The fraction of sp³-hybridized carbons (Fsp3) is 0.316. The number of nitrogens with one attached hydrogen (secondary N) is 1. The van der Waals surface area contributed by atoms with Gasteiger partial charge in [-0.15, -0.1) is 13.2 Å². The maximum atomic E-state index is 12.7. The number of rotatable bonds is 4. The summed E-state index contributed by atoms with van der Waals surface area (Å²) in [7, 11) is 1.57. The Balaban J connectivity index is 1.75. The third-order valence-corrected chi connectivity index (χ3v) is 4.37. The van der Waals surface area contributed by atoms with E-state index in [1.165, 1.54) is 18.2 Å². The van der Waals surface area contributed by atoms with Crippen molar-refractivity contribution >= 4 is 11.7 Å². The molecule has 1 aliphatic heterocycles. The number of halogens is 3. The molecular weight excluding hydrogens is 361 g/mol. The van der Waals surface area contributed by atoms with Gasteiger partial charge in [0.2, 0.25) is 0 Å². The van der Waals surface area contributed by atoms with Gasteiger partial charge in [-0.1, -0.05) is 24.3 Å². The smallest absolute Gasteiger partial charge is 0.497 e. The Morgan fingerprint density at radius 2 is 1.85 bits per heavy atom. The molecule has 0 radical (unpaired) electrons. The van der Waals surface area contributed by atoms with E-state index in [-0.39, 0.29) is 11.7 Å². The molecule has 3 rings (SSSR count). The van der Waals surface area contributed by atoms with Crippen molar-refractivity contribution in [2.75, 3.05) is 19.0 Å². The van der Waals surface area contributed by atoms with Gasteiger partial charge in [0, 0.05) is 6.54 Å². The van der Waals surface area contributed by atoms with Crippen LogP contribution < -0.4 is 14.8 Å². The molecule has 0 spiro atoms. The van der Waals surface area contributed by atoms with Crippen LogP contribution >= 0.6 is 0 Å². The summed E-state index contributed by atoms with van der Waals surface area (Å²) in [5, 5.41) is 2.53. The zero-order valence-electron chi connectivity index (χ0n) is 14.6. The number of urea groups is 1. The quantitative estimate of drug-likeness (QED) is 0.815. The molecule has 0 aliphatic carbocycles. The molecule has 0 bridgehead atoms. The molecule has 1 saturated heterocycles. The first-order chi connectivity index (χ1) is 12.9. The van der Waals surface area contributed by atoms with Crippen LogP contribution in [0.1, 0.15) is 24.4 Å². The van der Waals surface area contributed by atoms with Gasteiger partial charge in [-0.25, -0.2) is 4.79 Å². The molecule has 1 heterocycles. The number of carbonyl (C=O) groups is 1. The number of nitrogens with zero attached hydrogens (tertiary/aromatic N) is 1. The maximum absolute atomic E-state index is 12.7. The number of methoxy groups -OCH3 is 1. The van der Waals surface area contributed by atoms with E-state index < -0.39 is 18.1 Å². The Hall–Kier alpha value is -2.90. The van der Waals surface area contributed by atoms with Crippen molar-refractivity contribution in [2.45, 2.75) is 25.2 Å². The number of amides is 2. The fourth-order valence-corrected chi connectivity index (χ4v) is 3.15. The second-order valence-corrected chi connectivity index (χ2v) is 6.10. The summed E-state index contributed by atoms with van der Waals surface area (Å²) in [5.41, 5.74) is 0.920. The molecule has 1 N–H and O–H groups in total. The average Bonchev–Trinajstić information content (AvgIpc) is 3.12. The molecule has 27 heavy (non-hydrogen) atoms. The Bertz CT molecular complexity index is 794. The van der Waals surface area contributed by atoms with Crippen LogP contribution in [0.4, 0.5) is 23.7 Å². The number of alkyl halides is 3. The molecule has 1 unspecified atom stereocenters. The fourth-order valence-electron chi connectivity index (χ4n) is 3.15. The number of likely N-dealkylation sites (tertiary alicyclic amines) is 1. The van der Waals surface area contributed by atoms with Crippen molar-refractivity contribution in [3.05, 3.63) is 54.1 Å². The van der Waals surface area contributed by atoms with Gasteiger partial charge in [0.25, 0.3) is 0 Å². The minimum atomic E-state index is -4.83. The molecule has 2 aromatic rings. The predicted octanol–water partition coefficient (Wildman–Crippen LogP) is 4.96. The normalized spacial score (nSPS) is 16.9. The standard InChI is InChI=1S/C19H19F3N2O3/c1-26-14-10-8-13(9-11-14)16-6-4-12-24(16)18(25)23-15-5-2-3-7-17(15)27-19(20,21)22/h2-3,5,7-11,16H,4,6,12H2,1H3,(H,23,25). The lowest BCUT2D eigenvalue weighted by molar-refractivity contribution is -0.274. The first-order valence-electron chi connectivity index (χ1n) is 8.44. The molecule has 8 heteroatoms. The largest absolute Gasteiger partial charge is 0.573 e. The molecule has 144 valence electrons. The Morgan fingerprint density at radius 1 is 1.15 bits per heavy atom. The van der Waals surface area contributed by atoms with Crippen LogP contribution in [0.5, 0.6) is 11.5 Å². The first kappa shape index (κ1) is 18.9. The van der Waals surface area contributed by atoms with Crippen molar-refractivity contribution in [3.63, 3.8) is 0 Å². The highest BCUT2D eigenvalue weighted by Gasteiger charge is 2.33. The lowest BCUT2D eigenvalue weighted by Crippen LogP contribution is -2.34. The van der Waals surface area contributed by atoms with Crippen molar-refractivity contribution < 1.29 is 27.4 Å². The first-order valence-corrected chi connectivity index (χ1v) is 8.44. The SMILES string of the molecule is COc1ccc(C2CCCN2C(=O)Nc2ccccc2OC(F)(F)F)cc1. The highest BCUT2D eigenvalue weighted by atomic mass is 19.4. The maximum Gasteiger partial charge on any atom is 0.573 e. The minimum absolute atomic E-state index is 0.0276. The van der Waals surface area contributed by atoms with Gasteiger partial charge < -0.3 is 19.7 Å². The summed E-state index contributed by atoms with van der Waals surface area (Å²) in [6, 6.07) is 12.3. The summed E-state index contributed by atoms with van der Waals surface area (Å²) >= 11 is 0. The third-order valence-electron chi connectivity index (χ3n) is 4.37. The number of ether oxygens (including phenoxy) is 2. The third kappa shape index (κ3) is 4.64. The molecule has 2 aromatic carbocycles. The monoisotopic (exact) mass is 380 g/mol. The predicted molar refractivity (Wildman–Crippen MR) is 93.8 cm³/mol. The molecule has 1 fully saturated rings. The number of para-hydroxylation sites is 2. The summed E-state index contributed by atoms with van der Waals surface area (Å²) < 4.78 is 46.8. The lowest BCUT2D eigenvalue weighted by atomic mass is 10.0. The van der Waals surface area contributed by atoms with E-state index in [0.29, 0.717) is 12.3 Å². The van der Waals surface area contributed by atoms with Crippen LogP contribution in [0.25, 0.3) is 0 Å². The van der Waals surface area contributed by atoms with Gasteiger partial charge in [-0.05, 0) is 42.7 Å². The Morgan fingerprint density at radius 3 is 2.52 bits per heavy atom. The minimum Gasteiger partial charge on any atom is -0.497 e. The van der Waals surface area contributed by atoms with Gasteiger partial charge in [0.1, 0.15) is 5.75 Å². The second-order valence-electron chi connectivity index (χ2n) is 6.10. The molecule has 1 atom stereocenters. The number of anilines is 1. The summed E-state index contributed by atoms with van der Waals surface area (Å²) in [4.78, 5) is 14.3. The molecule has 2 amide bonds. The van der Waals surface area contributed by atoms with Crippen LogP contribution in [0.2, 0.25) is 0 Å². The molecule has 5 nitrogen and oxygen atoms in total. The van der Waals surface area contributed by atoms with Crippen LogP contribution in [0, 0.1) is 0 Å². The van der Waals surface area contributed by atoms with Gasteiger partial charge in [0.15, 0.2) is 5.75 Å². The van der Waals surface area contributed by atoms with E-state index in [4.69, 9.17) is 4.74 Å². The lowest BCUT2D eigenvalue weighted by Gasteiger charge is -2.26. The van der Waals surface area contributed by atoms with Gasteiger partial charge >= 0.3 is 12.4 Å². The van der Waals surface area contributed by atoms with E-state index in [1.807, 2.05) is 24.3 Å². The van der Waals surface area contributed by atoms with E-state index in [2.05, 4.69) is 10.1 Å². The van der Waals surface area contributed by atoms with Crippen LogP contribution in [0.3, 0.4) is 0 Å². The van der Waals surface area contributed by atoms with E-state index >= 15 is 0 Å². The molecular formula is C19H19F3N2O3. The van der Waals surface area contributed by atoms with Crippen molar-refractivity contribution in [3.8, 4) is 11.5 Å². The highest BCUT2D eigenvalue weighted by molar-refractivity contribution is 5.91. The number of benzene rings is 2. The number of carbonyl (C=O) groups excluding carboxylic acids is 1. The molecule has 0 saturated carbocycles.